The van der Waals surface area contributed by atoms with Crippen LogP contribution in [0.3, 0.4) is 0 Å². The van der Waals surface area contributed by atoms with Crippen LogP contribution in [0.1, 0.15) is 18.2 Å². The quantitative estimate of drug-likeness (QED) is 0.773. The van der Waals surface area contributed by atoms with Crippen LogP contribution >= 0.6 is 0 Å². The Kier molecular flexibility index (Phi) is 4.52. The average molecular weight is 319 g/mol. The molecule has 0 unspecified atom stereocenters. The summed E-state index contributed by atoms with van der Waals surface area (Å²) < 4.78 is 0. The molecular weight excluding hydrogens is 302 g/mol. The molecule has 0 fully saturated rings. The molecule has 0 aliphatic heterocycles. The smallest absolute Gasteiger partial charge is 0.221 e. The molecule has 1 aromatic carbocycles. The van der Waals surface area contributed by atoms with E-state index in [1.165, 1.54) is 6.92 Å². The molecule has 1 amide bonds. The van der Waals surface area contributed by atoms with Gasteiger partial charge in [0.15, 0.2) is 0 Å². The summed E-state index contributed by atoms with van der Waals surface area (Å²) in [5.41, 5.74) is 3.74. The molecular formula is C19H17N3O2. The molecule has 2 aromatic heterocycles. The van der Waals surface area contributed by atoms with E-state index in [9.17, 15) is 9.90 Å². The molecule has 24 heavy (non-hydrogen) atoms. The number of pyridine rings is 2. The molecule has 3 rings (SSSR count). The van der Waals surface area contributed by atoms with Gasteiger partial charge in [0.2, 0.25) is 5.91 Å². The van der Waals surface area contributed by atoms with E-state index in [0.29, 0.717) is 23.4 Å². The van der Waals surface area contributed by atoms with Crippen LogP contribution in [0.2, 0.25) is 0 Å². The van der Waals surface area contributed by atoms with Crippen LogP contribution in [-0.4, -0.2) is 21.0 Å². The number of hydrogen-bond donors (Lipinski definition) is 2. The Morgan fingerprint density at radius 3 is 2.79 bits per heavy atom. The lowest BCUT2D eigenvalue weighted by atomic mass is 10.0. The normalized spacial score (nSPS) is 10.4. The van der Waals surface area contributed by atoms with Crippen molar-refractivity contribution in [2.75, 3.05) is 5.32 Å². The molecule has 120 valence electrons. The molecule has 0 radical (unpaired) electrons. The number of nitrogens with zero attached hydrogens (tertiary/aromatic N) is 2. The highest BCUT2D eigenvalue weighted by molar-refractivity contribution is 5.89. The first-order valence-electron chi connectivity index (χ1n) is 7.57. The van der Waals surface area contributed by atoms with Gasteiger partial charge in [0.25, 0.3) is 0 Å². The molecule has 0 atom stereocenters. The van der Waals surface area contributed by atoms with Crippen LogP contribution in [0.15, 0.2) is 61.1 Å². The van der Waals surface area contributed by atoms with Crippen molar-refractivity contribution >= 4 is 11.6 Å². The maximum Gasteiger partial charge on any atom is 0.221 e. The van der Waals surface area contributed by atoms with E-state index in [2.05, 4.69) is 15.3 Å². The van der Waals surface area contributed by atoms with Crippen molar-refractivity contribution in [1.29, 1.82) is 0 Å². The van der Waals surface area contributed by atoms with E-state index in [1.807, 2.05) is 30.3 Å². The first-order valence-corrected chi connectivity index (χ1v) is 7.57. The third-order valence-electron chi connectivity index (χ3n) is 3.59. The second kappa shape index (κ2) is 6.91. The zero-order chi connectivity index (χ0) is 16.9. The van der Waals surface area contributed by atoms with Gasteiger partial charge >= 0.3 is 0 Å². The van der Waals surface area contributed by atoms with Crippen molar-refractivity contribution in [3.63, 3.8) is 0 Å². The zero-order valence-electron chi connectivity index (χ0n) is 13.2. The van der Waals surface area contributed by atoms with Crippen LogP contribution in [0.4, 0.5) is 5.69 Å². The van der Waals surface area contributed by atoms with Gasteiger partial charge in [0.1, 0.15) is 5.75 Å². The number of benzene rings is 1. The summed E-state index contributed by atoms with van der Waals surface area (Å²) in [5, 5.41) is 13.4. The topological polar surface area (TPSA) is 75.1 Å². The van der Waals surface area contributed by atoms with Gasteiger partial charge in [0.05, 0.1) is 5.69 Å². The molecule has 2 N–H and O–H groups in total. The summed E-state index contributed by atoms with van der Waals surface area (Å²) >= 11 is 0. The lowest BCUT2D eigenvalue weighted by molar-refractivity contribution is -0.114. The number of rotatable bonds is 4. The maximum atomic E-state index is 11.2. The highest BCUT2D eigenvalue weighted by Gasteiger charge is 2.11. The lowest BCUT2D eigenvalue weighted by Gasteiger charge is -2.10. The van der Waals surface area contributed by atoms with E-state index >= 15 is 0 Å². The van der Waals surface area contributed by atoms with Crippen LogP contribution < -0.4 is 5.32 Å². The lowest BCUT2D eigenvalue weighted by Crippen LogP contribution is -2.05. The highest BCUT2D eigenvalue weighted by Crippen LogP contribution is 2.33. The van der Waals surface area contributed by atoms with E-state index in [4.69, 9.17) is 0 Å². The highest BCUT2D eigenvalue weighted by atomic mass is 16.3. The minimum absolute atomic E-state index is 0.136. The Balaban J connectivity index is 1.95. The number of carbonyl (C=O) groups excluding carboxylic acids is 1. The number of aromatic nitrogens is 2. The first kappa shape index (κ1) is 15.7. The number of amides is 1. The summed E-state index contributed by atoms with van der Waals surface area (Å²) in [4.78, 5) is 19.6. The van der Waals surface area contributed by atoms with Crippen LogP contribution in [0.5, 0.6) is 5.75 Å². The molecule has 0 saturated heterocycles. The third-order valence-corrected chi connectivity index (χ3v) is 3.59. The van der Waals surface area contributed by atoms with Gasteiger partial charge in [-0.15, -0.1) is 0 Å². The van der Waals surface area contributed by atoms with Crippen LogP contribution in [0.25, 0.3) is 11.1 Å². The average Bonchev–Trinajstić information content (AvgIpc) is 2.57. The molecule has 0 aliphatic carbocycles. The fourth-order valence-electron chi connectivity index (χ4n) is 2.52. The Morgan fingerprint density at radius 2 is 2.04 bits per heavy atom. The van der Waals surface area contributed by atoms with Gasteiger partial charge in [-0.05, 0) is 35.4 Å². The van der Waals surface area contributed by atoms with E-state index in [0.717, 1.165) is 11.1 Å². The predicted octanol–water partition coefficient (Wildman–Crippen LogP) is 3.40. The molecule has 5 heteroatoms. The summed E-state index contributed by atoms with van der Waals surface area (Å²) in [6.45, 7) is 1.46. The molecule has 0 aliphatic rings. The van der Waals surface area contributed by atoms with Crippen LogP contribution in [0, 0.1) is 0 Å². The second-order valence-corrected chi connectivity index (χ2v) is 5.45. The van der Waals surface area contributed by atoms with Crippen molar-refractivity contribution in [3.8, 4) is 16.9 Å². The zero-order valence-corrected chi connectivity index (χ0v) is 13.2. The van der Waals surface area contributed by atoms with Gasteiger partial charge in [-0.25, -0.2) is 0 Å². The van der Waals surface area contributed by atoms with Crippen molar-refractivity contribution in [2.45, 2.75) is 13.3 Å². The number of hydrogen-bond acceptors (Lipinski definition) is 4. The van der Waals surface area contributed by atoms with Crippen molar-refractivity contribution in [3.05, 3.63) is 72.3 Å². The Hall–Kier alpha value is -3.21. The van der Waals surface area contributed by atoms with Gasteiger partial charge < -0.3 is 10.4 Å². The number of aromatic hydroxyl groups is 1. The van der Waals surface area contributed by atoms with E-state index < -0.39 is 0 Å². The van der Waals surface area contributed by atoms with Crippen LogP contribution in [-0.2, 0) is 11.2 Å². The minimum atomic E-state index is -0.136. The third kappa shape index (κ3) is 3.57. The fourth-order valence-corrected chi connectivity index (χ4v) is 2.52. The Labute approximate surface area is 140 Å². The number of carbonyl (C=O) groups is 1. The first-order chi connectivity index (χ1) is 11.6. The molecule has 0 saturated carbocycles. The molecule has 5 nitrogen and oxygen atoms in total. The largest absolute Gasteiger partial charge is 0.505 e. The van der Waals surface area contributed by atoms with Gasteiger partial charge in [-0.2, -0.15) is 0 Å². The summed E-state index contributed by atoms with van der Waals surface area (Å²) in [6.07, 6.45) is 5.64. The van der Waals surface area contributed by atoms with E-state index in [-0.39, 0.29) is 11.7 Å². The Bertz CT molecular complexity index is 863. The van der Waals surface area contributed by atoms with Crippen molar-refractivity contribution in [1.82, 2.24) is 9.97 Å². The van der Waals surface area contributed by atoms with Crippen molar-refractivity contribution in [2.24, 2.45) is 0 Å². The Morgan fingerprint density at radius 1 is 1.17 bits per heavy atom. The maximum absolute atomic E-state index is 11.2. The molecule has 0 spiro atoms. The standard InChI is InChI=1S/C19H17N3O2/c1-13(23)22-16-6-2-5-15(11-16)17-7-9-21-18(19(17)24)10-14-4-3-8-20-12-14/h2-9,11-12,24H,10H2,1H3,(H,22,23). The van der Waals surface area contributed by atoms with Crippen molar-refractivity contribution < 1.29 is 9.90 Å². The molecule has 3 aromatic rings. The molecule has 2 heterocycles. The second-order valence-electron chi connectivity index (χ2n) is 5.45. The van der Waals surface area contributed by atoms with E-state index in [1.54, 1.807) is 30.7 Å². The SMILES string of the molecule is CC(=O)Nc1cccc(-c2ccnc(Cc3cccnc3)c2O)c1. The van der Waals surface area contributed by atoms with Gasteiger partial charge in [-0.1, -0.05) is 18.2 Å². The van der Waals surface area contributed by atoms with Gasteiger partial charge in [-0.3, -0.25) is 14.8 Å². The predicted molar refractivity (Wildman–Crippen MR) is 92.7 cm³/mol. The summed E-state index contributed by atoms with van der Waals surface area (Å²) in [7, 11) is 0. The fraction of sp³-hybridized carbons (Fsp3) is 0.105. The number of anilines is 1. The number of nitrogens with one attached hydrogen (secondary N) is 1. The monoisotopic (exact) mass is 319 g/mol. The minimum Gasteiger partial charge on any atom is -0.505 e. The molecule has 0 bridgehead atoms. The summed E-state index contributed by atoms with van der Waals surface area (Å²) in [5.74, 6) is 0.00435. The van der Waals surface area contributed by atoms with Gasteiger partial charge in [0, 0.05) is 43.2 Å². The summed E-state index contributed by atoms with van der Waals surface area (Å²) in [6, 6.07) is 12.9.